The molecule has 0 aliphatic carbocycles. The lowest BCUT2D eigenvalue weighted by Crippen LogP contribution is -2.28. The van der Waals surface area contributed by atoms with E-state index >= 15 is 0 Å². The number of phenolic OH excluding ortho intramolecular Hbond substituents is 1. The highest BCUT2D eigenvalue weighted by Crippen LogP contribution is 2.35. The van der Waals surface area contributed by atoms with Gasteiger partial charge in [-0.15, -0.1) is 0 Å². The molecule has 112 valence electrons. The van der Waals surface area contributed by atoms with Gasteiger partial charge in [-0.3, -0.25) is 4.90 Å². The van der Waals surface area contributed by atoms with Crippen LogP contribution in [0.15, 0.2) is 16.6 Å². The number of hydrogen-bond acceptors (Lipinski definition) is 4. The first kappa shape index (κ1) is 15.6. The van der Waals surface area contributed by atoms with Crippen LogP contribution in [0.25, 0.3) is 0 Å². The van der Waals surface area contributed by atoms with Gasteiger partial charge in [0.15, 0.2) is 11.5 Å². The smallest absolute Gasteiger partial charge is 0.172 e. The molecule has 5 heteroatoms. The molecule has 2 rings (SSSR count). The average molecular weight is 343 g/mol. The van der Waals surface area contributed by atoms with Crippen molar-refractivity contribution < 1.29 is 9.84 Å². The van der Waals surface area contributed by atoms with Crippen molar-refractivity contribution in [2.75, 3.05) is 39.8 Å². The standard InChI is InChI=1S/C15H23BrN2O2/c1-3-20-14-10-12(9-13(16)15(14)19)11-18-6-4-5-17(2)7-8-18/h9-10,19H,3-8,11H2,1-2H3. The van der Waals surface area contributed by atoms with Crippen LogP contribution in [-0.2, 0) is 6.54 Å². The molecule has 1 fully saturated rings. The first-order chi connectivity index (χ1) is 9.60. The molecule has 0 radical (unpaired) electrons. The fourth-order valence-corrected chi connectivity index (χ4v) is 2.99. The second-order valence-electron chi connectivity index (χ2n) is 5.29. The van der Waals surface area contributed by atoms with Crippen LogP contribution in [0.3, 0.4) is 0 Å². The van der Waals surface area contributed by atoms with E-state index in [2.05, 4.69) is 32.8 Å². The van der Waals surface area contributed by atoms with Crippen molar-refractivity contribution >= 4 is 15.9 Å². The molecule has 0 amide bonds. The van der Waals surface area contributed by atoms with Crippen LogP contribution in [0.2, 0.25) is 0 Å². The van der Waals surface area contributed by atoms with Crippen LogP contribution in [0, 0.1) is 0 Å². The quantitative estimate of drug-likeness (QED) is 0.912. The maximum atomic E-state index is 9.95. The van der Waals surface area contributed by atoms with E-state index in [0.29, 0.717) is 16.8 Å². The van der Waals surface area contributed by atoms with E-state index in [1.807, 2.05) is 19.1 Å². The van der Waals surface area contributed by atoms with Gasteiger partial charge in [-0.05, 0) is 67.1 Å². The number of nitrogens with zero attached hydrogens (tertiary/aromatic N) is 2. The Morgan fingerprint density at radius 3 is 2.80 bits per heavy atom. The summed E-state index contributed by atoms with van der Waals surface area (Å²) >= 11 is 3.40. The Balaban J connectivity index is 2.08. The van der Waals surface area contributed by atoms with Gasteiger partial charge in [0, 0.05) is 19.6 Å². The largest absolute Gasteiger partial charge is 0.503 e. The number of halogens is 1. The molecule has 0 bridgehead atoms. The third kappa shape index (κ3) is 4.11. The van der Waals surface area contributed by atoms with Crippen LogP contribution in [0.5, 0.6) is 11.5 Å². The van der Waals surface area contributed by atoms with Crippen molar-refractivity contribution in [3.05, 3.63) is 22.2 Å². The van der Waals surface area contributed by atoms with Gasteiger partial charge in [0.25, 0.3) is 0 Å². The molecule has 0 saturated carbocycles. The fourth-order valence-electron chi connectivity index (χ4n) is 2.50. The van der Waals surface area contributed by atoms with E-state index in [4.69, 9.17) is 4.74 Å². The summed E-state index contributed by atoms with van der Waals surface area (Å²) in [6.07, 6.45) is 1.20. The van der Waals surface area contributed by atoms with Gasteiger partial charge in [0.1, 0.15) is 0 Å². The van der Waals surface area contributed by atoms with Crippen molar-refractivity contribution in [1.29, 1.82) is 0 Å². The highest BCUT2D eigenvalue weighted by molar-refractivity contribution is 9.10. The molecule has 1 saturated heterocycles. The molecule has 20 heavy (non-hydrogen) atoms. The van der Waals surface area contributed by atoms with E-state index in [-0.39, 0.29) is 5.75 Å². The zero-order valence-electron chi connectivity index (χ0n) is 12.2. The summed E-state index contributed by atoms with van der Waals surface area (Å²) in [4.78, 5) is 4.83. The van der Waals surface area contributed by atoms with Gasteiger partial charge in [-0.25, -0.2) is 0 Å². The zero-order chi connectivity index (χ0) is 14.5. The first-order valence-electron chi connectivity index (χ1n) is 7.15. The van der Waals surface area contributed by atoms with Crippen molar-refractivity contribution in [3.8, 4) is 11.5 Å². The maximum Gasteiger partial charge on any atom is 0.172 e. The second-order valence-corrected chi connectivity index (χ2v) is 6.14. The van der Waals surface area contributed by atoms with Gasteiger partial charge in [0.2, 0.25) is 0 Å². The Bertz CT molecular complexity index is 454. The van der Waals surface area contributed by atoms with Crippen LogP contribution < -0.4 is 4.74 Å². The predicted octanol–water partition coefficient (Wildman–Crippen LogP) is 2.69. The number of benzene rings is 1. The normalized spacial score (nSPS) is 17.9. The van der Waals surface area contributed by atoms with Gasteiger partial charge < -0.3 is 14.7 Å². The number of hydrogen-bond donors (Lipinski definition) is 1. The Hall–Kier alpha value is -0.780. The molecule has 1 N–H and O–H groups in total. The number of rotatable bonds is 4. The summed E-state index contributed by atoms with van der Waals surface area (Å²) in [5.41, 5.74) is 1.17. The molecule has 1 aliphatic heterocycles. The summed E-state index contributed by atoms with van der Waals surface area (Å²) in [6, 6.07) is 3.92. The topological polar surface area (TPSA) is 35.9 Å². The SMILES string of the molecule is CCOc1cc(CN2CCCN(C)CC2)cc(Br)c1O. The molecule has 0 unspecified atom stereocenters. The Morgan fingerprint density at radius 1 is 1.25 bits per heavy atom. The molecule has 1 aliphatic rings. The molecule has 1 aromatic rings. The van der Waals surface area contributed by atoms with Crippen molar-refractivity contribution in [1.82, 2.24) is 9.80 Å². The van der Waals surface area contributed by atoms with Crippen LogP contribution in [0.4, 0.5) is 0 Å². The highest BCUT2D eigenvalue weighted by atomic mass is 79.9. The molecule has 0 atom stereocenters. The minimum absolute atomic E-state index is 0.186. The van der Waals surface area contributed by atoms with Crippen molar-refractivity contribution in [2.45, 2.75) is 19.9 Å². The monoisotopic (exact) mass is 342 g/mol. The molecule has 1 aromatic carbocycles. The van der Waals surface area contributed by atoms with Gasteiger partial charge >= 0.3 is 0 Å². The summed E-state index contributed by atoms with van der Waals surface area (Å²) in [7, 11) is 2.17. The van der Waals surface area contributed by atoms with E-state index in [1.54, 1.807) is 0 Å². The third-order valence-corrected chi connectivity index (χ3v) is 4.21. The molecule has 0 aromatic heterocycles. The molecule has 4 nitrogen and oxygen atoms in total. The zero-order valence-corrected chi connectivity index (χ0v) is 13.8. The van der Waals surface area contributed by atoms with Gasteiger partial charge in [-0.2, -0.15) is 0 Å². The number of phenols is 1. The van der Waals surface area contributed by atoms with E-state index in [0.717, 1.165) is 26.2 Å². The Kier molecular flexibility index (Phi) is 5.69. The Morgan fingerprint density at radius 2 is 2.05 bits per heavy atom. The van der Waals surface area contributed by atoms with Crippen molar-refractivity contribution in [2.24, 2.45) is 0 Å². The maximum absolute atomic E-state index is 9.95. The lowest BCUT2D eigenvalue weighted by molar-refractivity contribution is 0.268. The summed E-state index contributed by atoms with van der Waals surface area (Å²) in [5, 5.41) is 9.95. The van der Waals surface area contributed by atoms with Crippen LogP contribution in [-0.4, -0.2) is 54.7 Å². The van der Waals surface area contributed by atoms with Crippen molar-refractivity contribution in [3.63, 3.8) is 0 Å². The first-order valence-corrected chi connectivity index (χ1v) is 7.94. The molecule has 1 heterocycles. The number of likely N-dealkylation sites (N-methyl/N-ethyl adjacent to an activating group) is 1. The van der Waals surface area contributed by atoms with Crippen LogP contribution in [0.1, 0.15) is 18.9 Å². The van der Waals surface area contributed by atoms with Gasteiger partial charge in [0.05, 0.1) is 11.1 Å². The summed E-state index contributed by atoms with van der Waals surface area (Å²) in [6.45, 7) is 7.85. The lowest BCUT2D eigenvalue weighted by Gasteiger charge is -2.21. The predicted molar refractivity (Wildman–Crippen MR) is 84.4 cm³/mol. The third-order valence-electron chi connectivity index (χ3n) is 3.61. The van der Waals surface area contributed by atoms with E-state index in [1.165, 1.54) is 18.5 Å². The van der Waals surface area contributed by atoms with E-state index < -0.39 is 0 Å². The summed E-state index contributed by atoms with van der Waals surface area (Å²) in [5.74, 6) is 0.745. The van der Waals surface area contributed by atoms with Crippen LogP contribution >= 0.6 is 15.9 Å². The minimum atomic E-state index is 0.186. The highest BCUT2D eigenvalue weighted by Gasteiger charge is 2.15. The number of ether oxygens (including phenoxy) is 1. The number of aromatic hydroxyl groups is 1. The second kappa shape index (κ2) is 7.29. The lowest BCUT2D eigenvalue weighted by atomic mass is 10.2. The molecule has 0 spiro atoms. The summed E-state index contributed by atoms with van der Waals surface area (Å²) < 4.78 is 6.18. The molecular weight excluding hydrogens is 320 g/mol. The fraction of sp³-hybridized carbons (Fsp3) is 0.600. The molecular formula is C15H23BrN2O2. The van der Waals surface area contributed by atoms with Gasteiger partial charge in [-0.1, -0.05) is 0 Å². The Labute approximate surface area is 129 Å². The minimum Gasteiger partial charge on any atom is -0.503 e. The van der Waals surface area contributed by atoms with E-state index in [9.17, 15) is 5.11 Å². The average Bonchev–Trinajstić information content (AvgIpc) is 2.61.